The molecule has 1 aromatic carbocycles. The molecule has 1 heterocycles. The van der Waals surface area contributed by atoms with Gasteiger partial charge in [-0.1, -0.05) is 18.2 Å². The predicted molar refractivity (Wildman–Crippen MR) is 90.4 cm³/mol. The van der Waals surface area contributed by atoms with Gasteiger partial charge in [0.05, 0.1) is 0 Å². The number of benzene rings is 1. The first kappa shape index (κ1) is 15.6. The molecule has 24 heavy (non-hydrogen) atoms. The molecule has 0 aromatic heterocycles. The van der Waals surface area contributed by atoms with Crippen LogP contribution in [-0.4, -0.2) is 35.6 Å². The summed E-state index contributed by atoms with van der Waals surface area (Å²) < 4.78 is 0. The second kappa shape index (κ2) is 5.88. The Hall–Kier alpha value is -1.88. The van der Waals surface area contributed by atoms with Crippen LogP contribution in [0.25, 0.3) is 0 Å². The predicted octanol–water partition coefficient (Wildman–Crippen LogP) is 1.49. The number of aliphatic hydroxyl groups excluding tert-OH is 1. The van der Waals surface area contributed by atoms with Crippen molar-refractivity contribution < 1.29 is 14.7 Å². The molecule has 5 heteroatoms. The smallest absolute Gasteiger partial charge is 0.243 e. The van der Waals surface area contributed by atoms with E-state index in [-0.39, 0.29) is 30.4 Å². The summed E-state index contributed by atoms with van der Waals surface area (Å²) in [5.74, 6) is 0.993. The van der Waals surface area contributed by atoms with E-state index in [1.165, 1.54) is 6.92 Å². The van der Waals surface area contributed by atoms with Gasteiger partial charge in [0.15, 0.2) is 0 Å². The van der Waals surface area contributed by atoms with Crippen molar-refractivity contribution >= 4 is 17.5 Å². The maximum Gasteiger partial charge on any atom is 0.243 e. The second-order valence-corrected chi connectivity index (χ2v) is 7.45. The molecule has 2 bridgehead atoms. The van der Waals surface area contributed by atoms with Gasteiger partial charge in [0.2, 0.25) is 11.8 Å². The van der Waals surface area contributed by atoms with Crippen LogP contribution in [0.2, 0.25) is 0 Å². The standard InChI is InChI=1S/C19H24N2O3/c1-11(23)21-16-5-3-2-4-13(16)9-17(21)19(24)20-18-14-7-6-12(8-14)15(18)10-22/h2-5,12,14-15,17-18,22H,6-10H2,1H3,(H,20,24)/t12?,14?,15?,17-,18?/m0/s1. The quantitative estimate of drug-likeness (QED) is 0.883. The minimum absolute atomic E-state index is 0.0544. The van der Waals surface area contributed by atoms with Crippen LogP contribution in [-0.2, 0) is 16.0 Å². The first-order valence-electron chi connectivity index (χ1n) is 8.89. The van der Waals surface area contributed by atoms with Gasteiger partial charge in [-0.05, 0) is 42.7 Å². The summed E-state index contributed by atoms with van der Waals surface area (Å²) >= 11 is 0. The van der Waals surface area contributed by atoms with Crippen molar-refractivity contribution in [2.75, 3.05) is 11.5 Å². The highest BCUT2D eigenvalue weighted by atomic mass is 16.3. The van der Waals surface area contributed by atoms with Crippen LogP contribution in [0.1, 0.15) is 31.7 Å². The van der Waals surface area contributed by atoms with Gasteiger partial charge in [0.1, 0.15) is 6.04 Å². The van der Waals surface area contributed by atoms with E-state index in [9.17, 15) is 14.7 Å². The first-order chi connectivity index (χ1) is 11.6. The number of hydrogen-bond acceptors (Lipinski definition) is 3. The Labute approximate surface area is 142 Å². The minimum atomic E-state index is -0.474. The SMILES string of the molecule is CC(=O)N1c2ccccc2C[C@H]1C(=O)NC1C2CCC(C2)C1CO. The van der Waals surface area contributed by atoms with Gasteiger partial charge < -0.3 is 10.4 Å². The zero-order valence-corrected chi connectivity index (χ0v) is 13.9. The fraction of sp³-hybridized carbons (Fsp3) is 0.579. The lowest BCUT2D eigenvalue weighted by atomic mass is 9.85. The monoisotopic (exact) mass is 328 g/mol. The topological polar surface area (TPSA) is 69.6 Å². The van der Waals surface area contributed by atoms with Crippen LogP contribution >= 0.6 is 0 Å². The third-order valence-electron chi connectivity index (χ3n) is 6.23. The molecular formula is C19H24N2O3. The van der Waals surface area contributed by atoms with E-state index in [2.05, 4.69) is 5.32 Å². The molecule has 2 fully saturated rings. The summed E-state index contributed by atoms with van der Waals surface area (Å²) in [4.78, 5) is 26.7. The number of fused-ring (bicyclic) bond motifs is 3. The lowest BCUT2D eigenvalue weighted by Gasteiger charge is -2.32. The van der Waals surface area contributed by atoms with E-state index in [0.717, 1.165) is 30.5 Å². The van der Waals surface area contributed by atoms with Gasteiger partial charge in [-0.15, -0.1) is 0 Å². The molecule has 128 valence electrons. The third-order valence-corrected chi connectivity index (χ3v) is 6.23. The van der Waals surface area contributed by atoms with Gasteiger partial charge in [-0.2, -0.15) is 0 Å². The number of hydrogen-bond donors (Lipinski definition) is 2. The molecule has 2 amide bonds. The van der Waals surface area contributed by atoms with Gasteiger partial charge in [0.25, 0.3) is 0 Å². The van der Waals surface area contributed by atoms with Crippen LogP contribution < -0.4 is 10.2 Å². The van der Waals surface area contributed by atoms with E-state index in [4.69, 9.17) is 0 Å². The molecule has 0 spiro atoms. The highest BCUT2D eigenvalue weighted by Gasteiger charge is 2.49. The van der Waals surface area contributed by atoms with E-state index in [1.54, 1.807) is 4.90 Å². The Bertz CT molecular complexity index is 674. The molecule has 1 aliphatic heterocycles. The molecular weight excluding hydrogens is 304 g/mol. The summed E-state index contributed by atoms with van der Waals surface area (Å²) in [5.41, 5.74) is 1.89. The first-order valence-corrected chi connectivity index (χ1v) is 8.89. The average Bonchev–Trinajstić information content (AvgIpc) is 3.26. The molecule has 2 aliphatic carbocycles. The summed E-state index contributed by atoms with van der Waals surface area (Å²) in [5, 5.41) is 12.9. The lowest BCUT2D eigenvalue weighted by Crippen LogP contribution is -2.53. The zero-order chi connectivity index (χ0) is 16.8. The fourth-order valence-electron chi connectivity index (χ4n) is 5.14. The van der Waals surface area contributed by atoms with Crippen molar-refractivity contribution in [3.63, 3.8) is 0 Å². The summed E-state index contributed by atoms with van der Waals surface area (Å²) in [7, 11) is 0. The average molecular weight is 328 g/mol. The largest absolute Gasteiger partial charge is 0.396 e. The van der Waals surface area contributed by atoms with Crippen molar-refractivity contribution in [1.82, 2.24) is 5.32 Å². The Balaban J connectivity index is 1.54. The van der Waals surface area contributed by atoms with Gasteiger partial charge in [-0.3, -0.25) is 14.5 Å². The molecule has 0 radical (unpaired) electrons. The van der Waals surface area contributed by atoms with Crippen LogP contribution in [0.5, 0.6) is 0 Å². The highest BCUT2D eigenvalue weighted by molar-refractivity contribution is 6.02. The molecule has 1 aromatic rings. The Morgan fingerprint density at radius 1 is 1.25 bits per heavy atom. The zero-order valence-electron chi connectivity index (χ0n) is 13.9. The lowest BCUT2D eigenvalue weighted by molar-refractivity contribution is -0.126. The van der Waals surface area contributed by atoms with Crippen molar-refractivity contribution in [3.05, 3.63) is 29.8 Å². The minimum Gasteiger partial charge on any atom is -0.396 e. The van der Waals surface area contributed by atoms with Gasteiger partial charge in [-0.25, -0.2) is 0 Å². The van der Waals surface area contributed by atoms with Gasteiger partial charge >= 0.3 is 0 Å². The van der Waals surface area contributed by atoms with Crippen molar-refractivity contribution in [3.8, 4) is 0 Å². The summed E-state index contributed by atoms with van der Waals surface area (Å²) in [6.45, 7) is 1.64. The van der Waals surface area contributed by atoms with Gasteiger partial charge in [0, 0.05) is 37.6 Å². The molecule has 5 atom stereocenters. The number of carbonyl (C=O) groups excluding carboxylic acids is 2. The molecule has 3 aliphatic rings. The number of nitrogens with one attached hydrogen (secondary N) is 1. The number of rotatable bonds is 3. The number of aliphatic hydroxyl groups is 1. The molecule has 4 unspecified atom stereocenters. The van der Waals surface area contributed by atoms with E-state index in [1.807, 2.05) is 24.3 Å². The molecule has 0 saturated heterocycles. The van der Waals surface area contributed by atoms with E-state index < -0.39 is 6.04 Å². The Morgan fingerprint density at radius 2 is 2.00 bits per heavy atom. The molecule has 2 N–H and O–H groups in total. The maximum atomic E-state index is 12.9. The Morgan fingerprint density at radius 3 is 2.75 bits per heavy atom. The van der Waals surface area contributed by atoms with E-state index in [0.29, 0.717) is 18.3 Å². The van der Waals surface area contributed by atoms with Crippen LogP contribution in [0.3, 0.4) is 0 Å². The molecule has 5 nitrogen and oxygen atoms in total. The normalized spacial score (nSPS) is 33.6. The number of nitrogens with zero attached hydrogens (tertiary/aromatic N) is 1. The van der Waals surface area contributed by atoms with Crippen LogP contribution in [0, 0.1) is 17.8 Å². The van der Waals surface area contributed by atoms with Crippen molar-refractivity contribution in [2.45, 2.75) is 44.7 Å². The summed E-state index contributed by atoms with van der Waals surface area (Å²) in [6, 6.07) is 7.30. The summed E-state index contributed by atoms with van der Waals surface area (Å²) in [6.07, 6.45) is 3.97. The number of amides is 2. The van der Waals surface area contributed by atoms with Crippen molar-refractivity contribution in [2.24, 2.45) is 17.8 Å². The number of para-hydroxylation sites is 1. The maximum absolute atomic E-state index is 12.9. The third kappa shape index (κ3) is 2.34. The van der Waals surface area contributed by atoms with E-state index >= 15 is 0 Å². The Kier molecular flexibility index (Phi) is 3.83. The van der Waals surface area contributed by atoms with Crippen LogP contribution in [0.15, 0.2) is 24.3 Å². The molecule has 4 rings (SSSR count). The fourth-order valence-corrected chi connectivity index (χ4v) is 5.14. The number of anilines is 1. The molecule has 2 saturated carbocycles. The van der Waals surface area contributed by atoms with Crippen molar-refractivity contribution in [1.29, 1.82) is 0 Å². The number of carbonyl (C=O) groups is 2. The van der Waals surface area contributed by atoms with Crippen LogP contribution in [0.4, 0.5) is 5.69 Å². The second-order valence-electron chi connectivity index (χ2n) is 7.45. The highest BCUT2D eigenvalue weighted by Crippen LogP contribution is 2.48.